The Morgan fingerprint density at radius 2 is 1.57 bits per heavy atom. The highest BCUT2D eigenvalue weighted by Gasteiger charge is 2.32. The summed E-state index contributed by atoms with van der Waals surface area (Å²) in [6.45, 7) is 2.57. The highest BCUT2D eigenvalue weighted by molar-refractivity contribution is 6.01. The van der Waals surface area contributed by atoms with Gasteiger partial charge in [0.05, 0.1) is 40.4 Å². The predicted molar refractivity (Wildman–Crippen MR) is 159 cm³/mol. The van der Waals surface area contributed by atoms with E-state index in [0.717, 1.165) is 5.56 Å². The van der Waals surface area contributed by atoms with Gasteiger partial charge in [-0.2, -0.15) is 0 Å². The third-order valence-corrected chi connectivity index (χ3v) is 7.80. The number of nitrogens with zero attached hydrogens (tertiary/aromatic N) is 2. The first-order chi connectivity index (χ1) is 21.3. The van der Waals surface area contributed by atoms with Crippen molar-refractivity contribution in [1.82, 2.24) is 9.80 Å². The fourth-order valence-corrected chi connectivity index (χ4v) is 5.49. The van der Waals surface area contributed by atoms with Gasteiger partial charge in [-0.1, -0.05) is 12.1 Å². The van der Waals surface area contributed by atoms with E-state index >= 15 is 0 Å². The molecule has 234 valence electrons. The molecule has 2 aliphatic heterocycles. The molecule has 0 spiro atoms. The van der Waals surface area contributed by atoms with Gasteiger partial charge in [-0.05, 0) is 29.8 Å². The molecule has 12 nitrogen and oxygen atoms in total. The van der Waals surface area contributed by atoms with Crippen LogP contribution in [-0.4, -0.2) is 92.9 Å². The Hall–Kier alpha value is -4.84. The van der Waals surface area contributed by atoms with E-state index in [1.165, 1.54) is 25.3 Å². The summed E-state index contributed by atoms with van der Waals surface area (Å²) in [5.41, 5.74) is 1.68. The first-order valence-electron chi connectivity index (χ1n) is 14.1. The molecular formula is C32H36N2O10. The molecule has 2 N–H and O–H groups in total. The fraction of sp³-hybridized carbons (Fsp3) is 0.375. The van der Waals surface area contributed by atoms with Crippen molar-refractivity contribution >= 4 is 11.7 Å². The normalized spacial score (nSPS) is 16.5. The largest absolute Gasteiger partial charge is 0.508 e. The highest BCUT2D eigenvalue weighted by Crippen LogP contribution is 2.44. The van der Waals surface area contributed by atoms with Crippen LogP contribution in [0.4, 0.5) is 0 Å². The zero-order valence-corrected chi connectivity index (χ0v) is 25.1. The second-order valence-electron chi connectivity index (χ2n) is 10.4. The van der Waals surface area contributed by atoms with Gasteiger partial charge in [0.25, 0.3) is 5.91 Å². The summed E-state index contributed by atoms with van der Waals surface area (Å²) < 4.78 is 33.6. The number of benzene rings is 3. The fourth-order valence-electron chi connectivity index (χ4n) is 5.49. The van der Waals surface area contributed by atoms with Crippen LogP contribution in [0.3, 0.4) is 0 Å². The number of fused-ring (bicyclic) bond motifs is 1. The standard InChI is InChI=1S/C32H36N2O10/c1-39-25-7-5-19(13-24(25)37)27-16-23(36)22-14-21(35)15-28(31(22)44-27)43-18-29(38)34-11-9-33(10-12-34)17-20-6-8-26(40-2)32(42-4)30(20)41-3/h5-8,13-15,27,35,37H,9-12,16-18H2,1-4H3/t27-/m1/s1. The minimum atomic E-state index is -0.702. The molecule has 2 aliphatic rings. The molecule has 44 heavy (non-hydrogen) atoms. The van der Waals surface area contributed by atoms with Crippen LogP contribution >= 0.6 is 0 Å². The third-order valence-electron chi connectivity index (χ3n) is 7.80. The summed E-state index contributed by atoms with van der Waals surface area (Å²) in [6.07, 6.45) is -0.702. The van der Waals surface area contributed by atoms with E-state index in [4.69, 9.17) is 28.4 Å². The zero-order valence-electron chi connectivity index (χ0n) is 25.1. The van der Waals surface area contributed by atoms with Gasteiger partial charge < -0.3 is 43.5 Å². The third kappa shape index (κ3) is 6.25. The lowest BCUT2D eigenvalue weighted by atomic mass is 9.95. The van der Waals surface area contributed by atoms with Crippen LogP contribution in [0.25, 0.3) is 0 Å². The van der Waals surface area contributed by atoms with Crippen molar-refractivity contribution in [1.29, 1.82) is 0 Å². The summed E-state index contributed by atoms with van der Waals surface area (Å²) in [7, 11) is 6.18. The number of Topliss-reactive ketones (excluding diaryl/α,β-unsaturated/α-hetero) is 1. The average Bonchev–Trinajstić information content (AvgIpc) is 3.03. The Labute approximate surface area is 255 Å². The van der Waals surface area contributed by atoms with Crippen LogP contribution in [-0.2, 0) is 11.3 Å². The number of phenols is 2. The average molecular weight is 609 g/mol. The van der Waals surface area contributed by atoms with Crippen LogP contribution in [0.1, 0.15) is 34.0 Å². The predicted octanol–water partition coefficient (Wildman–Crippen LogP) is 3.56. The van der Waals surface area contributed by atoms with E-state index in [0.29, 0.717) is 61.3 Å². The van der Waals surface area contributed by atoms with Gasteiger partial charge >= 0.3 is 0 Å². The van der Waals surface area contributed by atoms with Gasteiger partial charge in [-0.3, -0.25) is 14.5 Å². The minimum absolute atomic E-state index is 0.0000513. The van der Waals surface area contributed by atoms with Crippen molar-refractivity contribution < 1.29 is 48.2 Å². The Morgan fingerprint density at radius 3 is 2.23 bits per heavy atom. The molecule has 0 saturated carbocycles. The summed E-state index contributed by atoms with van der Waals surface area (Å²) >= 11 is 0. The van der Waals surface area contributed by atoms with Gasteiger partial charge in [-0.15, -0.1) is 0 Å². The number of methoxy groups -OCH3 is 4. The maximum Gasteiger partial charge on any atom is 0.260 e. The first kappa shape index (κ1) is 30.6. The Morgan fingerprint density at radius 1 is 0.864 bits per heavy atom. The summed E-state index contributed by atoms with van der Waals surface area (Å²) in [4.78, 5) is 30.1. The Kier molecular flexibility index (Phi) is 9.19. The number of phenolic OH excluding ortho intramolecular Hbond substituents is 2. The number of carbonyl (C=O) groups excluding carboxylic acids is 2. The van der Waals surface area contributed by atoms with Crippen molar-refractivity contribution in [2.75, 3.05) is 61.2 Å². The second-order valence-corrected chi connectivity index (χ2v) is 10.4. The topological polar surface area (TPSA) is 136 Å². The second kappa shape index (κ2) is 13.2. The molecule has 1 fully saturated rings. The summed E-state index contributed by atoms with van der Waals surface area (Å²) in [5.74, 6) is 1.50. The Balaban J connectivity index is 1.22. The van der Waals surface area contributed by atoms with Gasteiger partial charge in [0.1, 0.15) is 11.9 Å². The van der Waals surface area contributed by atoms with Crippen LogP contribution in [0, 0.1) is 0 Å². The minimum Gasteiger partial charge on any atom is -0.508 e. The number of carbonyl (C=O) groups is 2. The van der Waals surface area contributed by atoms with E-state index in [1.807, 2.05) is 12.1 Å². The molecule has 5 rings (SSSR count). The van der Waals surface area contributed by atoms with Crippen molar-refractivity contribution in [2.24, 2.45) is 0 Å². The Bertz CT molecular complexity index is 1530. The van der Waals surface area contributed by atoms with Gasteiger partial charge in [0, 0.05) is 44.4 Å². The molecule has 12 heteroatoms. The lowest BCUT2D eigenvalue weighted by Crippen LogP contribution is -2.49. The molecular weight excluding hydrogens is 572 g/mol. The lowest BCUT2D eigenvalue weighted by Gasteiger charge is -2.35. The zero-order chi connectivity index (χ0) is 31.4. The molecule has 3 aromatic carbocycles. The van der Waals surface area contributed by atoms with E-state index in [1.54, 1.807) is 38.4 Å². The number of hydrogen-bond acceptors (Lipinski definition) is 11. The quantitative estimate of drug-likeness (QED) is 0.350. The van der Waals surface area contributed by atoms with E-state index in [2.05, 4.69) is 4.90 Å². The molecule has 0 radical (unpaired) electrons. The lowest BCUT2D eigenvalue weighted by molar-refractivity contribution is -0.135. The van der Waals surface area contributed by atoms with Crippen LogP contribution in [0.15, 0.2) is 42.5 Å². The van der Waals surface area contributed by atoms with Crippen LogP contribution in [0.2, 0.25) is 0 Å². The summed E-state index contributed by atoms with van der Waals surface area (Å²) in [6, 6.07) is 11.2. The molecule has 0 aliphatic carbocycles. The van der Waals surface area contributed by atoms with Crippen molar-refractivity contribution in [3.63, 3.8) is 0 Å². The molecule has 3 aromatic rings. The maximum absolute atomic E-state index is 13.1. The number of ether oxygens (including phenoxy) is 6. The first-order valence-corrected chi connectivity index (χ1v) is 14.1. The molecule has 0 bridgehead atoms. The van der Waals surface area contributed by atoms with E-state index in [9.17, 15) is 19.8 Å². The molecule has 0 aromatic heterocycles. The van der Waals surface area contributed by atoms with Gasteiger partial charge in [0.15, 0.2) is 46.9 Å². The SMILES string of the molecule is COc1ccc([C@H]2CC(=O)c3cc(O)cc(OCC(=O)N4CCN(Cc5ccc(OC)c(OC)c5OC)CC4)c3O2)cc1O. The monoisotopic (exact) mass is 608 g/mol. The highest BCUT2D eigenvalue weighted by atomic mass is 16.5. The number of piperazine rings is 1. The van der Waals surface area contributed by atoms with Crippen LogP contribution in [0.5, 0.6) is 46.0 Å². The maximum atomic E-state index is 13.1. The number of hydrogen-bond donors (Lipinski definition) is 2. The smallest absolute Gasteiger partial charge is 0.260 e. The van der Waals surface area contributed by atoms with E-state index in [-0.39, 0.29) is 53.3 Å². The molecule has 2 heterocycles. The molecule has 1 atom stereocenters. The molecule has 1 amide bonds. The van der Waals surface area contributed by atoms with Crippen molar-refractivity contribution in [3.8, 4) is 46.0 Å². The van der Waals surface area contributed by atoms with Crippen molar-refractivity contribution in [2.45, 2.75) is 19.1 Å². The number of aromatic hydroxyl groups is 2. The summed E-state index contributed by atoms with van der Waals surface area (Å²) in [5, 5.41) is 20.5. The number of ketones is 1. The van der Waals surface area contributed by atoms with E-state index < -0.39 is 6.10 Å². The molecule has 0 unspecified atom stereocenters. The van der Waals surface area contributed by atoms with Gasteiger partial charge in [-0.25, -0.2) is 0 Å². The number of amides is 1. The van der Waals surface area contributed by atoms with Crippen molar-refractivity contribution in [3.05, 3.63) is 59.2 Å². The van der Waals surface area contributed by atoms with Crippen LogP contribution < -0.4 is 28.4 Å². The molecule has 1 saturated heterocycles. The number of rotatable bonds is 10. The van der Waals surface area contributed by atoms with Gasteiger partial charge in [0.2, 0.25) is 5.75 Å².